The number of hydrogen-bond acceptors (Lipinski definition) is 7. The molecular weight excluding hydrogens is 424 g/mol. The molecule has 3 aliphatic carbocycles. The van der Waals surface area contributed by atoms with Gasteiger partial charge in [-0.25, -0.2) is 0 Å². The van der Waals surface area contributed by atoms with Crippen LogP contribution in [-0.2, 0) is 33.4 Å². The maximum Gasteiger partial charge on any atom is 0.306 e. The van der Waals surface area contributed by atoms with E-state index in [1.165, 1.54) is 0 Å². The van der Waals surface area contributed by atoms with E-state index in [-0.39, 0.29) is 41.9 Å². The quantitative estimate of drug-likeness (QED) is 0.457. The molecule has 0 aromatic carbocycles. The Kier molecular flexibility index (Phi) is 4.81. The summed E-state index contributed by atoms with van der Waals surface area (Å²) in [4.78, 5) is 50.9. The van der Waals surface area contributed by atoms with Gasteiger partial charge in [0.15, 0.2) is 0 Å². The highest BCUT2D eigenvalue weighted by Gasteiger charge is 2.84. The number of carbonyl (C=O) groups is 4. The summed E-state index contributed by atoms with van der Waals surface area (Å²) >= 11 is 0. The Morgan fingerprint density at radius 3 is 2.45 bits per heavy atom. The highest BCUT2D eigenvalue weighted by molar-refractivity contribution is 5.89. The summed E-state index contributed by atoms with van der Waals surface area (Å²) < 4.78 is 17.5. The smallest absolute Gasteiger partial charge is 0.306 e. The van der Waals surface area contributed by atoms with Crippen molar-refractivity contribution in [3.63, 3.8) is 0 Å². The number of ketones is 2. The molecule has 2 aliphatic heterocycles. The van der Waals surface area contributed by atoms with Gasteiger partial charge in [-0.05, 0) is 43.9 Å². The Balaban J connectivity index is 1.51. The SMILES string of the molecule is CCOC(=O)CC[C@@]1(C)CC(=O)C[C@@H]2[C@@]13O[C@@H]3C[C@]1(C)[C@@H]([C@@]3(C)CCC(=O)O3)C(=O)C[C@@]21C. The summed E-state index contributed by atoms with van der Waals surface area (Å²) in [5.74, 6) is -0.676. The lowest BCUT2D eigenvalue weighted by molar-refractivity contribution is -0.168. The number of esters is 2. The van der Waals surface area contributed by atoms with E-state index in [2.05, 4.69) is 20.8 Å². The molecule has 1 spiro atoms. The molecule has 0 N–H and O–H groups in total. The lowest BCUT2D eigenvalue weighted by atomic mass is 9.42. The second-order valence-corrected chi connectivity index (χ2v) is 12.1. The summed E-state index contributed by atoms with van der Waals surface area (Å²) in [7, 11) is 0. The van der Waals surface area contributed by atoms with Gasteiger partial charge in [-0.15, -0.1) is 0 Å². The first-order valence-electron chi connectivity index (χ1n) is 12.4. The zero-order valence-electron chi connectivity index (χ0n) is 20.5. The van der Waals surface area contributed by atoms with E-state index in [1.54, 1.807) is 6.92 Å². The Labute approximate surface area is 195 Å². The number of carbonyl (C=O) groups excluding carboxylic acids is 4. The van der Waals surface area contributed by atoms with Crippen LogP contribution in [-0.4, -0.2) is 47.4 Å². The van der Waals surface area contributed by atoms with Crippen LogP contribution in [0.25, 0.3) is 0 Å². The van der Waals surface area contributed by atoms with Crippen molar-refractivity contribution >= 4 is 23.5 Å². The molecule has 0 bridgehead atoms. The molecule has 2 heterocycles. The van der Waals surface area contributed by atoms with E-state index in [9.17, 15) is 19.2 Å². The fourth-order valence-corrected chi connectivity index (χ4v) is 8.81. The van der Waals surface area contributed by atoms with Gasteiger partial charge in [0.05, 0.1) is 18.6 Å². The third-order valence-corrected chi connectivity index (χ3v) is 10.4. The summed E-state index contributed by atoms with van der Waals surface area (Å²) in [6.45, 7) is 10.4. The Morgan fingerprint density at radius 1 is 1.09 bits per heavy atom. The molecule has 0 radical (unpaired) electrons. The minimum absolute atomic E-state index is 0.0602. The molecule has 0 aromatic rings. The highest BCUT2D eigenvalue weighted by Crippen LogP contribution is 2.79. The van der Waals surface area contributed by atoms with E-state index in [1.807, 2.05) is 6.92 Å². The molecule has 182 valence electrons. The third kappa shape index (κ3) is 2.83. The predicted octanol–water partition coefficient (Wildman–Crippen LogP) is 3.55. The van der Waals surface area contributed by atoms with Crippen molar-refractivity contribution in [2.24, 2.45) is 28.1 Å². The van der Waals surface area contributed by atoms with E-state index >= 15 is 0 Å². The molecule has 0 aromatic heterocycles. The van der Waals surface area contributed by atoms with Crippen LogP contribution < -0.4 is 0 Å². The number of cyclic esters (lactones) is 1. The van der Waals surface area contributed by atoms with Crippen LogP contribution in [0.1, 0.15) is 86.0 Å². The minimum Gasteiger partial charge on any atom is -0.466 e. The largest absolute Gasteiger partial charge is 0.466 e. The minimum atomic E-state index is -0.804. The fourth-order valence-electron chi connectivity index (χ4n) is 8.81. The lowest BCUT2D eigenvalue weighted by Crippen LogP contribution is -2.63. The maximum absolute atomic E-state index is 13.6. The first-order chi connectivity index (χ1) is 15.4. The second kappa shape index (κ2) is 6.89. The first-order valence-corrected chi connectivity index (χ1v) is 12.4. The van der Waals surface area contributed by atoms with Crippen LogP contribution in [0.3, 0.4) is 0 Å². The zero-order valence-corrected chi connectivity index (χ0v) is 20.5. The predicted molar refractivity (Wildman–Crippen MR) is 117 cm³/mol. The number of ether oxygens (including phenoxy) is 3. The third-order valence-electron chi connectivity index (χ3n) is 10.4. The Hall–Kier alpha value is -1.76. The number of rotatable bonds is 5. The summed E-state index contributed by atoms with van der Waals surface area (Å²) in [6, 6.07) is 0. The lowest BCUT2D eigenvalue weighted by Gasteiger charge is -2.59. The average molecular weight is 461 g/mol. The maximum atomic E-state index is 13.6. The molecule has 5 aliphatic rings. The van der Waals surface area contributed by atoms with Crippen LogP contribution in [0, 0.1) is 28.1 Å². The molecule has 2 saturated heterocycles. The number of fused-ring (bicyclic) bond motifs is 2. The first kappa shape index (κ1) is 23.0. The summed E-state index contributed by atoms with van der Waals surface area (Å²) in [6.07, 6.45) is 3.46. The molecule has 0 amide bonds. The van der Waals surface area contributed by atoms with Gasteiger partial charge in [0.1, 0.15) is 22.8 Å². The normalized spacial score (nSPS) is 50.3. The second-order valence-electron chi connectivity index (χ2n) is 12.1. The van der Waals surface area contributed by atoms with Crippen LogP contribution >= 0.6 is 0 Å². The van der Waals surface area contributed by atoms with Crippen LogP contribution in [0.4, 0.5) is 0 Å². The number of hydrogen-bond donors (Lipinski definition) is 0. The average Bonchev–Trinajstić information content (AvgIpc) is 3.24. The molecular formula is C26H36O7. The fraction of sp³-hybridized carbons (Fsp3) is 0.846. The van der Waals surface area contributed by atoms with E-state index in [0.717, 1.165) is 0 Å². The van der Waals surface area contributed by atoms with Crippen molar-refractivity contribution < 1.29 is 33.4 Å². The molecule has 5 rings (SSSR count). The van der Waals surface area contributed by atoms with E-state index in [4.69, 9.17) is 14.2 Å². The van der Waals surface area contributed by atoms with Crippen molar-refractivity contribution in [2.45, 2.75) is 103 Å². The standard InChI is InChI=1S/C26H36O7/c1-6-31-19(29)7-9-22(2)12-15(27)11-17-23(3)13-16(28)21(25(5)10-8-20(30)33-25)24(23,4)14-18-26(17,22)32-18/h17-18,21H,6-14H2,1-5H3/t17-,18+,21-,22-,23-,24+,25+,26-/m0/s1. The summed E-state index contributed by atoms with van der Waals surface area (Å²) in [5.41, 5.74) is -2.65. The van der Waals surface area contributed by atoms with Gasteiger partial charge in [0, 0.05) is 43.4 Å². The van der Waals surface area contributed by atoms with Crippen molar-refractivity contribution in [3.8, 4) is 0 Å². The number of Topliss-reactive ketones (excluding diaryl/α,β-unsaturated/α-hetero) is 2. The van der Waals surface area contributed by atoms with Crippen molar-refractivity contribution in [1.29, 1.82) is 0 Å². The van der Waals surface area contributed by atoms with Gasteiger partial charge < -0.3 is 14.2 Å². The van der Waals surface area contributed by atoms with Crippen LogP contribution in [0.5, 0.6) is 0 Å². The van der Waals surface area contributed by atoms with Crippen LogP contribution in [0.15, 0.2) is 0 Å². The zero-order chi connectivity index (χ0) is 24.0. The molecule has 8 atom stereocenters. The molecule has 7 heteroatoms. The topological polar surface area (TPSA) is 99.3 Å². The Morgan fingerprint density at radius 2 is 1.82 bits per heavy atom. The van der Waals surface area contributed by atoms with Gasteiger partial charge in [-0.1, -0.05) is 20.8 Å². The van der Waals surface area contributed by atoms with E-state index < -0.39 is 33.4 Å². The summed E-state index contributed by atoms with van der Waals surface area (Å²) in [5, 5.41) is 0. The number of epoxide rings is 1. The van der Waals surface area contributed by atoms with Gasteiger partial charge >= 0.3 is 11.9 Å². The molecule has 33 heavy (non-hydrogen) atoms. The van der Waals surface area contributed by atoms with Crippen LogP contribution in [0.2, 0.25) is 0 Å². The van der Waals surface area contributed by atoms with Crippen molar-refractivity contribution in [3.05, 3.63) is 0 Å². The van der Waals surface area contributed by atoms with Gasteiger partial charge in [0.2, 0.25) is 0 Å². The van der Waals surface area contributed by atoms with Gasteiger partial charge in [-0.3, -0.25) is 19.2 Å². The molecule has 7 nitrogen and oxygen atoms in total. The monoisotopic (exact) mass is 460 g/mol. The molecule has 5 fully saturated rings. The van der Waals surface area contributed by atoms with Gasteiger partial charge in [-0.2, -0.15) is 0 Å². The molecule has 3 saturated carbocycles. The molecule has 0 unspecified atom stereocenters. The van der Waals surface area contributed by atoms with E-state index in [0.29, 0.717) is 51.6 Å². The van der Waals surface area contributed by atoms with Crippen molar-refractivity contribution in [2.75, 3.05) is 6.61 Å². The van der Waals surface area contributed by atoms with Gasteiger partial charge in [0.25, 0.3) is 0 Å². The highest BCUT2D eigenvalue weighted by atomic mass is 16.6. The Bertz CT molecular complexity index is 943. The van der Waals surface area contributed by atoms with Crippen molar-refractivity contribution in [1.82, 2.24) is 0 Å².